The number of fused-ring (bicyclic) bond motifs is 1. The highest BCUT2D eigenvalue weighted by atomic mass is 16.6. The second kappa shape index (κ2) is 7.03. The van der Waals surface area contributed by atoms with Gasteiger partial charge in [-0.1, -0.05) is 0 Å². The fraction of sp³-hybridized carbons (Fsp3) is 0.0588. The molecule has 0 aliphatic heterocycles. The monoisotopic (exact) mass is 354 g/mol. The Kier molecular flexibility index (Phi) is 4.63. The van der Waals surface area contributed by atoms with Crippen molar-refractivity contribution in [2.75, 3.05) is 7.11 Å². The molecule has 0 aliphatic rings. The molecule has 0 spiro atoms. The number of nitro benzene ring substituents is 1. The van der Waals surface area contributed by atoms with E-state index in [0.29, 0.717) is 28.2 Å². The van der Waals surface area contributed by atoms with Gasteiger partial charge in [-0.2, -0.15) is 0 Å². The lowest BCUT2D eigenvalue weighted by Crippen LogP contribution is -2.30. The van der Waals surface area contributed by atoms with Gasteiger partial charge in [-0.3, -0.25) is 25.3 Å². The number of hydrogen-bond acceptors (Lipinski definition) is 7. The average molecular weight is 354 g/mol. The van der Waals surface area contributed by atoms with Crippen LogP contribution in [0.1, 0.15) is 10.4 Å². The summed E-state index contributed by atoms with van der Waals surface area (Å²) < 4.78 is 11.0. The Bertz CT molecular complexity index is 988. The van der Waals surface area contributed by atoms with E-state index in [1.54, 1.807) is 24.4 Å². The van der Waals surface area contributed by atoms with E-state index < -0.39 is 10.8 Å². The predicted octanol–water partition coefficient (Wildman–Crippen LogP) is 2.55. The van der Waals surface area contributed by atoms with Crippen molar-refractivity contribution in [2.45, 2.75) is 0 Å². The first-order valence-electron chi connectivity index (χ1n) is 7.43. The molecule has 9 nitrogen and oxygen atoms in total. The zero-order chi connectivity index (χ0) is 18.7. The van der Waals surface area contributed by atoms with Crippen LogP contribution in [0.5, 0.6) is 17.2 Å². The first-order valence-corrected chi connectivity index (χ1v) is 7.43. The van der Waals surface area contributed by atoms with E-state index in [9.17, 15) is 14.9 Å². The van der Waals surface area contributed by atoms with Gasteiger partial charge in [0.15, 0.2) is 0 Å². The van der Waals surface area contributed by atoms with Crippen LogP contribution in [-0.4, -0.2) is 22.9 Å². The molecule has 3 N–H and O–H groups in total. The zero-order valence-electron chi connectivity index (χ0n) is 13.6. The summed E-state index contributed by atoms with van der Waals surface area (Å²) in [5.74, 6) is 5.85. The summed E-state index contributed by atoms with van der Waals surface area (Å²) in [5.41, 5.74) is 2.80. The Hall–Kier alpha value is -3.72. The minimum atomic E-state index is -0.520. The van der Waals surface area contributed by atoms with Crippen LogP contribution in [-0.2, 0) is 0 Å². The topological polar surface area (TPSA) is 130 Å². The standard InChI is InChI=1S/C17H14N4O5/c1-25-16-9-14-12(8-13(16)17(22)20-18)15(6-7-19-14)26-11-4-2-10(3-5-11)21(23)24/h2-9H,18H2,1H3,(H,20,22). The number of nitrogen functional groups attached to an aromatic ring is 1. The first-order chi connectivity index (χ1) is 12.5. The van der Waals surface area contributed by atoms with E-state index in [1.807, 2.05) is 0 Å². The van der Waals surface area contributed by atoms with Crippen molar-refractivity contribution in [3.8, 4) is 17.2 Å². The van der Waals surface area contributed by atoms with Gasteiger partial charge < -0.3 is 9.47 Å². The quantitative estimate of drug-likeness (QED) is 0.312. The van der Waals surface area contributed by atoms with Crippen molar-refractivity contribution in [1.82, 2.24) is 10.4 Å². The second-order valence-electron chi connectivity index (χ2n) is 5.21. The van der Waals surface area contributed by atoms with Crippen LogP contribution in [0.2, 0.25) is 0 Å². The molecule has 0 aliphatic carbocycles. The number of hydrazine groups is 1. The van der Waals surface area contributed by atoms with Gasteiger partial charge in [0.25, 0.3) is 11.6 Å². The van der Waals surface area contributed by atoms with Crippen LogP contribution in [0.15, 0.2) is 48.7 Å². The highest BCUT2D eigenvalue weighted by molar-refractivity contribution is 6.01. The number of pyridine rings is 1. The van der Waals surface area contributed by atoms with E-state index in [2.05, 4.69) is 10.4 Å². The van der Waals surface area contributed by atoms with Crippen molar-refractivity contribution in [2.24, 2.45) is 5.84 Å². The largest absolute Gasteiger partial charge is 0.496 e. The molecule has 3 aromatic rings. The van der Waals surface area contributed by atoms with Gasteiger partial charge in [0.2, 0.25) is 0 Å². The number of nitro groups is 1. The smallest absolute Gasteiger partial charge is 0.269 e. The highest BCUT2D eigenvalue weighted by Gasteiger charge is 2.16. The molecule has 3 rings (SSSR count). The summed E-state index contributed by atoms with van der Waals surface area (Å²) in [4.78, 5) is 26.5. The molecule has 0 bridgehead atoms. The van der Waals surface area contributed by atoms with Gasteiger partial charge in [-0.05, 0) is 24.3 Å². The number of non-ortho nitro benzene ring substituents is 1. The van der Waals surface area contributed by atoms with Crippen molar-refractivity contribution in [3.05, 3.63) is 64.3 Å². The number of methoxy groups -OCH3 is 1. The Morgan fingerprint density at radius 1 is 1.19 bits per heavy atom. The first kappa shape index (κ1) is 17.1. The maximum Gasteiger partial charge on any atom is 0.269 e. The molecule has 9 heteroatoms. The Morgan fingerprint density at radius 2 is 1.92 bits per heavy atom. The molecule has 1 aromatic heterocycles. The van der Waals surface area contributed by atoms with Gasteiger partial charge in [0, 0.05) is 29.8 Å². The predicted molar refractivity (Wildman–Crippen MR) is 93.1 cm³/mol. The van der Waals surface area contributed by atoms with Gasteiger partial charge in [-0.25, -0.2) is 5.84 Å². The van der Waals surface area contributed by atoms with Crippen molar-refractivity contribution >= 4 is 22.5 Å². The molecule has 1 heterocycles. The molecule has 1 amide bonds. The Labute approximate surface area is 147 Å². The van der Waals surface area contributed by atoms with Gasteiger partial charge in [0.1, 0.15) is 17.2 Å². The summed E-state index contributed by atoms with van der Waals surface area (Å²) in [6.45, 7) is 0. The Balaban J connectivity index is 2.05. The lowest BCUT2D eigenvalue weighted by Gasteiger charge is -2.12. The van der Waals surface area contributed by atoms with Gasteiger partial charge in [-0.15, -0.1) is 0 Å². The number of amides is 1. The van der Waals surface area contributed by atoms with Crippen LogP contribution < -0.4 is 20.7 Å². The van der Waals surface area contributed by atoms with Crippen LogP contribution in [0, 0.1) is 10.1 Å². The number of ether oxygens (including phenoxy) is 2. The molecular weight excluding hydrogens is 340 g/mol. The maximum absolute atomic E-state index is 12.0. The van der Waals surface area contributed by atoms with Crippen molar-refractivity contribution < 1.29 is 19.2 Å². The molecule has 132 valence electrons. The van der Waals surface area contributed by atoms with Crippen LogP contribution in [0.3, 0.4) is 0 Å². The van der Waals surface area contributed by atoms with Crippen LogP contribution in [0.4, 0.5) is 5.69 Å². The van der Waals surface area contributed by atoms with E-state index in [-0.39, 0.29) is 11.3 Å². The lowest BCUT2D eigenvalue weighted by atomic mass is 10.1. The molecule has 0 unspecified atom stereocenters. The fourth-order valence-electron chi connectivity index (χ4n) is 2.42. The molecular formula is C17H14N4O5. The minimum absolute atomic E-state index is 0.0384. The maximum atomic E-state index is 12.0. The number of nitrogens with two attached hydrogens (primary N) is 1. The van der Waals surface area contributed by atoms with Crippen molar-refractivity contribution in [3.63, 3.8) is 0 Å². The molecule has 0 saturated heterocycles. The molecule has 0 radical (unpaired) electrons. The minimum Gasteiger partial charge on any atom is -0.496 e. The number of carbonyl (C=O) groups excluding carboxylic acids is 1. The van der Waals surface area contributed by atoms with E-state index in [0.717, 1.165) is 0 Å². The zero-order valence-corrected chi connectivity index (χ0v) is 13.6. The number of nitrogens with one attached hydrogen (secondary N) is 1. The molecule has 2 aromatic carbocycles. The average Bonchev–Trinajstić information content (AvgIpc) is 2.67. The van der Waals surface area contributed by atoms with E-state index >= 15 is 0 Å². The summed E-state index contributed by atoms with van der Waals surface area (Å²) in [7, 11) is 1.44. The number of aromatic nitrogens is 1. The number of rotatable bonds is 5. The summed E-state index contributed by atoms with van der Waals surface area (Å²) in [6.07, 6.45) is 1.55. The van der Waals surface area contributed by atoms with E-state index in [4.69, 9.17) is 15.3 Å². The Morgan fingerprint density at radius 3 is 2.54 bits per heavy atom. The number of carbonyl (C=O) groups is 1. The second-order valence-corrected chi connectivity index (χ2v) is 5.21. The van der Waals surface area contributed by atoms with Gasteiger partial charge in [0.05, 0.1) is 23.1 Å². The normalized spacial score (nSPS) is 10.4. The molecule has 26 heavy (non-hydrogen) atoms. The number of nitrogens with zero attached hydrogens (tertiary/aromatic N) is 2. The summed E-state index contributed by atoms with van der Waals surface area (Å²) in [5, 5.41) is 11.3. The third kappa shape index (κ3) is 3.23. The van der Waals surface area contributed by atoms with Crippen LogP contribution >= 0.6 is 0 Å². The molecule has 0 atom stereocenters. The van der Waals surface area contributed by atoms with E-state index in [1.165, 1.54) is 31.4 Å². The third-order valence-corrected chi connectivity index (χ3v) is 3.67. The van der Waals surface area contributed by atoms with Crippen molar-refractivity contribution in [1.29, 1.82) is 0 Å². The summed E-state index contributed by atoms with van der Waals surface area (Å²) >= 11 is 0. The summed E-state index contributed by atoms with van der Waals surface area (Å²) in [6, 6.07) is 10.4. The van der Waals surface area contributed by atoms with Gasteiger partial charge >= 0.3 is 0 Å². The molecule has 0 fully saturated rings. The SMILES string of the molecule is COc1cc2nccc(Oc3ccc([N+](=O)[O-])cc3)c2cc1C(=O)NN. The number of hydrogen-bond donors (Lipinski definition) is 2. The van der Waals surface area contributed by atoms with Crippen LogP contribution in [0.25, 0.3) is 10.9 Å². The fourth-order valence-corrected chi connectivity index (χ4v) is 2.42. The molecule has 0 saturated carbocycles. The third-order valence-electron chi connectivity index (χ3n) is 3.67. The highest BCUT2D eigenvalue weighted by Crippen LogP contribution is 2.33. The number of benzene rings is 2. The lowest BCUT2D eigenvalue weighted by molar-refractivity contribution is -0.384.